The van der Waals surface area contributed by atoms with Crippen LogP contribution in [0.5, 0.6) is 5.75 Å². The number of hydrogen-bond acceptors (Lipinski definition) is 6. The highest BCUT2D eigenvalue weighted by molar-refractivity contribution is 5.93. The first-order valence-electron chi connectivity index (χ1n) is 7.16. The minimum absolute atomic E-state index is 0.242. The molecule has 0 unspecified atom stereocenters. The summed E-state index contributed by atoms with van der Waals surface area (Å²) in [6.45, 7) is 5.35. The fourth-order valence-electron chi connectivity index (χ4n) is 2.28. The van der Waals surface area contributed by atoms with E-state index >= 15 is 0 Å². The van der Waals surface area contributed by atoms with Gasteiger partial charge in [0.05, 0.1) is 31.6 Å². The zero-order valence-electron chi connectivity index (χ0n) is 12.5. The van der Waals surface area contributed by atoms with Crippen LogP contribution in [0.1, 0.15) is 23.0 Å². The molecule has 0 radical (unpaired) electrons. The predicted octanol–water partition coefficient (Wildman–Crippen LogP) is 0.776. The molecule has 8 nitrogen and oxygen atoms in total. The molecule has 1 saturated heterocycles. The Morgan fingerprint density at radius 3 is 3.09 bits per heavy atom. The highest BCUT2D eigenvalue weighted by atomic mass is 16.5. The molecule has 22 heavy (non-hydrogen) atoms. The van der Waals surface area contributed by atoms with E-state index in [2.05, 4.69) is 15.6 Å². The molecule has 0 aliphatic carbocycles. The molecule has 0 spiro atoms. The summed E-state index contributed by atoms with van der Waals surface area (Å²) in [6.07, 6.45) is 4.65. The fourth-order valence-corrected chi connectivity index (χ4v) is 2.28. The van der Waals surface area contributed by atoms with Crippen LogP contribution >= 0.6 is 0 Å². The molecule has 2 aromatic rings. The molecule has 1 aliphatic heterocycles. The molecule has 1 N–H and O–H groups in total. The first kappa shape index (κ1) is 14.6. The summed E-state index contributed by atoms with van der Waals surface area (Å²) in [6, 6.07) is -0.242. The van der Waals surface area contributed by atoms with E-state index < -0.39 is 0 Å². The maximum atomic E-state index is 12.2. The highest BCUT2D eigenvalue weighted by Gasteiger charge is 2.32. The van der Waals surface area contributed by atoms with Crippen LogP contribution in [0.25, 0.3) is 0 Å². The predicted molar refractivity (Wildman–Crippen MR) is 75.6 cm³/mol. The molecule has 1 aliphatic rings. The molecule has 2 aromatic heterocycles. The van der Waals surface area contributed by atoms with Crippen molar-refractivity contribution in [1.82, 2.24) is 20.3 Å². The van der Waals surface area contributed by atoms with Crippen molar-refractivity contribution in [2.45, 2.75) is 32.5 Å². The highest BCUT2D eigenvalue weighted by Crippen LogP contribution is 2.17. The molecule has 0 saturated carbocycles. The van der Waals surface area contributed by atoms with Crippen LogP contribution in [0.3, 0.4) is 0 Å². The molecular formula is C14H18N4O4. The summed E-state index contributed by atoms with van der Waals surface area (Å²) in [4.78, 5) is 12.2. The Balaban J connectivity index is 1.63. The quantitative estimate of drug-likeness (QED) is 0.877. The number of ether oxygens (including phenoxy) is 2. The largest absolute Gasteiger partial charge is 0.482 e. The average Bonchev–Trinajstić information content (AvgIpc) is 3.22. The molecule has 3 heterocycles. The Hall–Kier alpha value is -2.35. The summed E-state index contributed by atoms with van der Waals surface area (Å²) in [5.74, 6) is 0.369. The van der Waals surface area contributed by atoms with Crippen LogP contribution in [0.2, 0.25) is 0 Å². The number of carbonyl (C=O) groups is 1. The van der Waals surface area contributed by atoms with Crippen LogP contribution in [0.4, 0.5) is 0 Å². The lowest BCUT2D eigenvalue weighted by Gasteiger charge is -2.19. The summed E-state index contributed by atoms with van der Waals surface area (Å²) < 4.78 is 17.8. The number of nitrogens with zero attached hydrogens (tertiary/aromatic N) is 3. The third-order valence-electron chi connectivity index (χ3n) is 3.53. The van der Waals surface area contributed by atoms with E-state index in [0.29, 0.717) is 24.5 Å². The van der Waals surface area contributed by atoms with Gasteiger partial charge >= 0.3 is 0 Å². The average molecular weight is 306 g/mol. The van der Waals surface area contributed by atoms with Gasteiger partial charge in [-0.25, -0.2) is 0 Å². The smallest absolute Gasteiger partial charge is 0.274 e. The van der Waals surface area contributed by atoms with Crippen molar-refractivity contribution in [2.24, 2.45) is 0 Å². The van der Waals surface area contributed by atoms with Gasteiger partial charge in [0.25, 0.3) is 5.91 Å². The molecule has 1 amide bonds. The lowest BCUT2D eigenvalue weighted by molar-refractivity contribution is 0.0894. The van der Waals surface area contributed by atoms with Crippen molar-refractivity contribution in [1.29, 1.82) is 0 Å². The minimum atomic E-state index is -0.292. The Morgan fingerprint density at radius 2 is 2.41 bits per heavy atom. The van der Waals surface area contributed by atoms with Crippen LogP contribution in [-0.2, 0) is 11.3 Å². The van der Waals surface area contributed by atoms with Crippen molar-refractivity contribution >= 4 is 5.91 Å². The lowest BCUT2D eigenvalue weighted by Crippen LogP contribution is -2.45. The Kier molecular flexibility index (Phi) is 4.10. The van der Waals surface area contributed by atoms with E-state index in [1.807, 2.05) is 13.1 Å². The van der Waals surface area contributed by atoms with Crippen molar-refractivity contribution in [3.8, 4) is 5.75 Å². The van der Waals surface area contributed by atoms with Crippen molar-refractivity contribution in [3.63, 3.8) is 0 Å². The molecule has 2 atom stereocenters. The first-order valence-corrected chi connectivity index (χ1v) is 7.16. The maximum absolute atomic E-state index is 12.2. The van der Waals surface area contributed by atoms with Crippen molar-refractivity contribution in [2.75, 3.05) is 13.2 Å². The molecule has 1 fully saturated rings. The van der Waals surface area contributed by atoms with E-state index in [1.165, 1.54) is 6.26 Å². The molecular weight excluding hydrogens is 288 g/mol. The minimum Gasteiger partial charge on any atom is -0.482 e. The van der Waals surface area contributed by atoms with E-state index in [-0.39, 0.29) is 23.7 Å². The Labute approximate surface area is 127 Å². The zero-order valence-corrected chi connectivity index (χ0v) is 12.5. The Bertz CT molecular complexity index is 651. The zero-order chi connectivity index (χ0) is 15.5. The van der Waals surface area contributed by atoms with Gasteiger partial charge < -0.3 is 19.3 Å². The summed E-state index contributed by atoms with van der Waals surface area (Å²) in [5, 5.41) is 10.7. The van der Waals surface area contributed by atoms with Crippen molar-refractivity contribution < 1.29 is 18.8 Å². The van der Waals surface area contributed by atoms with Crippen LogP contribution in [-0.4, -0.2) is 46.2 Å². The lowest BCUT2D eigenvalue weighted by atomic mass is 10.2. The summed E-state index contributed by atoms with van der Waals surface area (Å²) in [5.41, 5.74) is 0.975. The SMILES string of the molecule is CCn1cc(O[C@@H]2COC[C@@H]2NC(=O)c2nocc2C)cn1. The second-order valence-corrected chi connectivity index (χ2v) is 5.15. The van der Waals surface area contributed by atoms with Gasteiger partial charge in [-0.2, -0.15) is 5.10 Å². The normalized spacial score (nSPS) is 21.0. The second-order valence-electron chi connectivity index (χ2n) is 5.15. The van der Waals surface area contributed by atoms with Crippen LogP contribution in [0, 0.1) is 6.92 Å². The van der Waals surface area contributed by atoms with E-state index in [0.717, 1.165) is 6.54 Å². The molecule has 0 bridgehead atoms. The second kappa shape index (κ2) is 6.18. The van der Waals surface area contributed by atoms with Gasteiger partial charge in [-0.3, -0.25) is 9.48 Å². The number of nitrogens with one attached hydrogen (secondary N) is 1. The van der Waals surface area contributed by atoms with Gasteiger partial charge in [0.1, 0.15) is 12.4 Å². The number of amides is 1. The molecule has 0 aromatic carbocycles. The van der Waals surface area contributed by atoms with Gasteiger partial charge in [0.2, 0.25) is 0 Å². The number of rotatable bonds is 5. The van der Waals surface area contributed by atoms with Crippen LogP contribution in [0.15, 0.2) is 23.2 Å². The molecule has 8 heteroatoms. The standard InChI is InChI=1S/C14H18N4O4/c1-3-18-5-10(4-15-18)22-12-8-20-7-11(12)16-14(19)13-9(2)6-21-17-13/h4-6,11-12H,3,7-8H2,1-2H3,(H,16,19)/t11-,12+/m0/s1. The number of aromatic nitrogens is 3. The molecule has 3 rings (SSSR count). The van der Waals surface area contributed by atoms with E-state index in [9.17, 15) is 4.79 Å². The number of carbonyl (C=O) groups excluding carboxylic acids is 1. The van der Waals surface area contributed by atoms with E-state index in [4.69, 9.17) is 14.0 Å². The topological polar surface area (TPSA) is 91.4 Å². The first-order chi connectivity index (χ1) is 10.7. The molecule has 118 valence electrons. The third kappa shape index (κ3) is 2.96. The maximum Gasteiger partial charge on any atom is 0.274 e. The van der Waals surface area contributed by atoms with Gasteiger partial charge in [-0.05, 0) is 13.8 Å². The summed E-state index contributed by atoms with van der Waals surface area (Å²) in [7, 11) is 0. The van der Waals surface area contributed by atoms with Crippen molar-refractivity contribution in [3.05, 3.63) is 29.9 Å². The van der Waals surface area contributed by atoms with Gasteiger partial charge in [0.15, 0.2) is 11.4 Å². The van der Waals surface area contributed by atoms with Gasteiger partial charge in [-0.1, -0.05) is 5.16 Å². The number of hydrogen-bond donors (Lipinski definition) is 1. The Morgan fingerprint density at radius 1 is 1.55 bits per heavy atom. The third-order valence-corrected chi connectivity index (χ3v) is 3.53. The van der Waals surface area contributed by atoms with Gasteiger partial charge in [0, 0.05) is 12.1 Å². The van der Waals surface area contributed by atoms with Gasteiger partial charge in [-0.15, -0.1) is 0 Å². The van der Waals surface area contributed by atoms with E-state index in [1.54, 1.807) is 17.8 Å². The monoisotopic (exact) mass is 306 g/mol. The number of aryl methyl sites for hydroxylation is 2. The fraction of sp³-hybridized carbons (Fsp3) is 0.500. The van der Waals surface area contributed by atoms with Crippen LogP contribution < -0.4 is 10.1 Å². The summed E-state index contributed by atoms with van der Waals surface area (Å²) >= 11 is 0.